The van der Waals surface area contributed by atoms with Gasteiger partial charge in [-0.1, -0.05) is 45.9 Å². The van der Waals surface area contributed by atoms with Gasteiger partial charge in [-0.25, -0.2) is 0 Å². The summed E-state index contributed by atoms with van der Waals surface area (Å²) in [5.41, 5.74) is 0.978. The predicted molar refractivity (Wildman–Crippen MR) is 88.8 cm³/mol. The number of hydrogen-bond donors (Lipinski definition) is 2. The molecule has 0 spiro atoms. The highest BCUT2D eigenvalue weighted by Gasteiger charge is 2.21. The molecule has 1 aromatic rings. The Labute approximate surface area is 133 Å². The molecule has 2 unspecified atom stereocenters. The molecule has 0 saturated carbocycles. The van der Waals surface area contributed by atoms with Crippen LogP contribution in [-0.2, 0) is 4.79 Å². The fourth-order valence-electron chi connectivity index (χ4n) is 2.37. The van der Waals surface area contributed by atoms with Crippen LogP contribution in [0.5, 0.6) is 5.75 Å². The van der Waals surface area contributed by atoms with Crippen molar-refractivity contribution in [1.29, 1.82) is 0 Å². The maximum absolute atomic E-state index is 12.2. The van der Waals surface area contributed by atoms with Crippen molar-refractivity contribution in [3.8, 4) is 5.75 Å². The zero-order valence-corrected chi connectivity index (χ0v) is 14.3. The second-order valence-corrected chi connectivity index (χ2v) is 6.51. The quantitative estimate of drug-likeness (QED) is 0.774. The van der Waals surface area contributed by atoms with E-state index in [1.807, 2.05) is 38.1 Å². The van der Waals surface area contributed by atoms with Gasteiger partial charge in [0, 0.05) is 5.56 Å². The molecular formula is C18H29NO3. The van der Waals surface area contributed by atoms with Gasteiger partial charge in [0.05, 0.1) is 25.7 Å². The van der Waals surface area contributed by atoms with Crippen molar-refractivity contribution in [3.05, 3.63) is 29.8 Å². The van der Waals surface area contributed by atoms with Gasteiger partial charge < -0.3 is 15.2 Å². The zero-order valence-electron chi connectivity index (χ0n) is 14.3. The average Bonchev–Trinajstić information content (AvgIpc) is 2.45. The minimum absolute atomic E-state index is 0.0700. The van der Waals surface area contributed by atoms with E-state index in [1.165, 1.54) is 0 Å². The minimum Gasteiger partial charge on any atom is -0.496 e. The van der Waals surface area contributed by atoms with Crippen molar-refractivity contribution in [3.63, 3.8) is 0 Å². The van der Waals surface area contributed by atoms with Crippen LogP contribution in [-0.4, -0.2) is 24.2 Å². The van der Waals surface area contributed by atoms with Crippen LogP contribution in [0.1, 0.15) is 52.1 Å². The van der Waals surface area contributed by atoms with E-state index in [-0.39, 0.29) is 24.3 Å². The molecule has 4 heteroatoms. The molecule has 0 fully saturated rings. The van der Waals surface area contributed by atoms with Crippen LogP contribution in [0.4, 0.5) is 0 Å². The van der Waals surface area contributed by atoms with E-state index in [0.29, 0.717) is 5.92 Å². The number of ether oxygens (including phenoxy) is 1. The molecule has 0 radical (unpaired) electrons. The summed E-state index contributed by atoms with van der Waals surface area (Å²) in [6, 6.07) is 7.63. The normalized spacial score (nSPS) is 14.0. The van der Waals surface area contributed by atoms with Crippen molar-refractivity contribution in [2.24, 2.45) is 11.8 Å². The maximum Gasteiger partial charge on any atom is 0.223 e. The van der Waals surface area contributed by atoms with E-state index in [1.54, 1.807) is 7.11 Å². The Bertz CT molecular complexity index is 471. The van der Waals surface area contributed by atoms with Gasteiger partial charge in [0.2, 0.25) is 5.91 Å². The molecule has 0 saturated heterocycles. The lowest BCUT2D eigenvalue weighted by molar-refractivity contribution is -0.124. The van der Waals surface area contributed by atoms with Crippen LogP contribution in [0.25, 0.3) is 0 Å². The van der Waals surface area contributed by atoms with Crippen LogP contribution in [0, 0.1) is 11.8 Å². The number of rotatable bonds is 8. The Kier molecular flexibility index (Phi) is 7.39. The minimum atomic E-state index is -0.614. The number of aliphatic hydroxyl groups excluding tert-OH is 1. The predicted octanol–water partition coefficient (Wildman–Crippen LogP) is 3.31. The highest BCUT2D eigenvalue weighted by Crippen LogP contribution is 2.29. The summed E-state index contributed by atoms with van der Waals surface area (Å²) in [5, 5.41) is 12.9. The molecule has 0 aromatic heterocycles. The first kappa shape index (κ1) is 18.5. The molecular weight excluding hydrogens is 278 g/mol. The lowest BCUT2D eigenvalue weighted by Crippen LogP contribution is -2.33. The molecule has 0 aliphatic rings. The van der Waals surface area contributed by atoms with Crippen molar-refractivity contribution in [2.75, 3.05) is 7.11 Å². The molecule has 2 atom stereocenters. The molecule has 0 aliphatic carbocycles. The fourth-order valence-corrected chi connectivity index (χ4v) is 2.37. The number of aliphatic hydroxyl groups is 1. The summed E-state index contributed by atoms with van der Waals surface area (Å²) >= 11 is 0. The Morgan fingerprint density at radius 1 is 1.23 bits per heavy atom. The summed E-state index contributed by atoms with van der Waals surface area (Å²) in [6.07, 6.45) is 0.336. The number of carbonyl (C=O) groups is 1. The lowest BCUT2D eigenvalue weighted by atomic mass is 9.95. The van der Waals surface area contributed by atoms with Crippen LogP contribution in [0.15, 0.2) is 24.3 Å². The van der Waals surface area contributed by atoms with Gasteiger partial charge in [-0.2, -0.15) is 0 Å². The summed E-state index contributed by atoms with van der Waals surface area (Å²) in [5.74, 6) is 1.15. The SMILES string of the molecule is COc1ccccc1C(CC(C)C)NC(=O)CC(O)C(C)C. The first-order valence-corrected chi connectivity index (χ1v) is 7.95. The maximum atomic E-state index is 12.2. The number of hydrogen-bond acceptors (Lipinski definition) is 3. The molecule has 4 nitrogen and oxygen atoms in total. The Morgan fingerprint density at radius 3 is 2.41 bits per heavy atom. The highest BCUT2D eigenvalue weighted by molar-refractivity contribution is 5.77. The highest BCUT2D eigenvalue weighted by atomic mass is 16.5. The number of benzene rings is 1. The summed E-state index contributed by atoms with van der Waals surface area (Å²) in [7, 11) is 1.63. The number of carbonyl (C=O) groups excluding carboxylic acids is 1. The second-order valence-electron chi connectivity index (χ2n) is 6.51. The third-order valence-corrected chi connectivity index (χ3v) is 3.72. The van der Waals surface area contributed by atoms with E-state index >= 15 is 0 Å². The topological polar surface area (TPSA) is 58.6 Å². The zero-order chi connectivity index (χ0) is 16.7. The lowest BCUT2D eigenvalue weighted by Gasteiger charge is -2.24. The molecule has 0 heterocycles. The van der Waals surface area contributed by atoms with Crippen LogP contribution >= 0.6 is 0 Å². The number of nitrogens with one attached hydrogen (secondary N) is 1. The molecule has 2 N–H and O–H groups in total. The van der Waals surface area contributed by atoms with E-state index in [9.17, 15) is 9.90 Å². The van der Waals surface area contributed by atoms with Crippen molar-refractivity contribution in [1.82, 2.24) is 5.32 Å². The Morgan fingerprint density at radius 2 is 1.86 bits per heavy atom. The molecule has 124 valence electrons. The first-order valence-electron chi connectivity index (χ1n) is 7.95. The van der Waals surface area contributed by atoms with Gasteiger partial charge in [0.25, 0.3) is 0 Å². The molecule has 1 aromatic carbocycles. The fraction of sp³-hybridized carbons (Fsp3) is 0.611. The largest absolute Gasteiger partial charge is 0.496 e. The monoisotopic (exact) mass is 307 g/mol. The van der Waals surface area contributed by atoms with Gasteiger partial charge in [-0.05, 0) is 24.3 Å². The number of methoxy groups -OCH3 is 1. The van der Waals surface area contributed by atoms with Crippen LogP contribution in [0.3, 0.4) is 0 Å². The van der Waals surface area contributed by atoms with Crippen molar-refractivity contribution in [2.45, 2.75) is 52.7 Å². The molecule has 1 rings (SSSR count). The second kappa shape index (κ2) is 8.79. The standard InChI is InChI=1S/C18H29NO3/c1-12(2)10-15(14-8-6-7-9-17(14)22-5)19-18(21)11-16(20)13(3)4/h6-9,12-13,15-16,20H,10-11H2,1-5H3,(H,19,21). The molecule has 0 aliphatic heterocycles. The third kappa shape index (κ3) is 5.68. The Balaban J connectivity index is 2.87. The smallest absolute Gasteiger partial charge is 0.223 e. The van der Waals surface area contributed by atoms with E-state index in [4.69, 9.17) is 4.74 Å². The van der Waals surface area contributed by atoms with E-state index in [2.05, 4.69) is 19.2 Å². The van der Waals surface area contributed by atoms with Crippen molar-refractivity contribution >= 4 is 5.91 Å². The first-order chi connectivity index (χ1) is 10.3. The average molecular weight is 307 g/mol. The number of para-hydroxylation sites is 1. The number of amides is 1. The van der Waals surface area contributed by atoms with Gasteiger partial charge in [0.15, 0.2) is 0 Å². The van der Waals surface area contributed by atoms with Crippen molar-refractivity contribution < 1.29 is 14.6 Å². The van der Waals surface area contributed by atoms with Crippen LogP contribution in [0.2, 0.25) is 0 Å². The van der Waals surface area contributed by atoms with Gasteiger partial charge in [0.1, 0.15) is 5.75 Å². The third-order valence-electron chi connectivity index (χ3n) is 3.72. The van der Waals surface area contributed by atoms with Gasteiger partial charge in [-0.3, -0.25) is 4.79 Å². The molecule has 1 amide bonds. The summed E-state index contributed by atoms with van der Waals surface area (Å²) in [6.45, 7) is 8.06. The van der Waals surface area contributed by atoms with E-state index in [0.717, 1.165) is 17.7 Å². The van der Waals surface area contributed by atoms with Gasteiger partial charge >= 0.3 is 0 Å². The van der Waals surface area contributed by atoms with E-state index < -0.39 is 6.10 Å². The molecule has 0 bridgehead atoms. The molecule has 22 heavy (non-hydrogen) atoms. The Hall–Kier alpha value is -1.55. The summed E-state index contributed by atoms with van der Waals surface area (Å²) < 4.78 is 5.41. The van der Waals surface area contributed by atoms with Gasteiger partial charge in [-0.15, -0.1) is 0 Å². The van der Waals surface area contributed by atoms with Crippen LogP contribution < -0.4 is 10.1 Å². The summed E-state index contributed by atoms with van der Waals surface area (Å²) in [4.78, 5) is 12.2.